The minimum Gasteiger partial charge on any atom is -0.395 e. The molecule has 0 aliphatic carbocycles. The van der Waals surface area contributed by atoms with E-state index in [1.54, 1.807) is 0 Å². The summed E-state index contributed by atoms with van der Waals surface area (Å²) in [5.74, 6) is 0. The van der Waals surface area contributed by atoms with E-state index in [0.29, 0.717) is 39.3 Å². The van der Waals surface area contributed by atoms with Crippen LogP contribution in [0.25, 0.3) is 0 Å². The van der Waals surface area contributed by atoms with Gasteiger partial charge in [0.25, 0.3) is 0 Å². The molecule has 0 radical (unpaired) electrons. The Morgan fingerprint density at radius 1 is 0.577 bits per heavy atom. The molecule has 0 bridgehead atoms. The van der Waals surface area contributed by atoms with Crippen molar-refractivity contribution in [2.45, 2.75) is 24.3 Å². The maximum Gasteiger partial charge on any atom is 0.0947 e. The summed E-state index contributed by atoms with van der Waals surface area (Å²) in [5, 5.41) is 64.3. The predicted molar refractivity (Wildman–Crippen MR) is 96.8 cm³/mol. The number of rotatable bonds is 8. The molecule has 1 saturated heterocycles. The van der Waals surface area contributed by atoms with Crippen molar-refractivity contribution in [3.63, 3.8) is 0 Å². The number of hydrogen-bond acceptors (Lipinski definition) is 10. The first-order valence-corrected chi connectivity index (χ1v) is 9.28. The average molecular weight is 380 g/mol. The van der Waals surface area contributed by atoms with E-state index in [-0.39, 0.29) is 13.2 Å². The van der Waals surface area contributed by atoms with Gasteiger partial charge in [-0.3, -0.25) is 9.80 Å². The monoisotopic (exact) mass is 380 g/mol. The van der Waals surface area contributed by atoms with E-state index >= 15 is 0 Å². The highest BCUT2D eigenvalue weighted by atomic mass is 16.3. The summed E-state index contributed by atoms with van der Waals surface area (Å²) in [6, 6.07) is -1.19. The quantitative estimate of drug-likeness (QED) is 0.206. The standard InChI is InChI=1S/C16H36N4O6/c21-9-13(15(25)11-23)19-5-3-17-1-2-18-4-6-20(8-7-19)14(10-22)16(26)12-24/h13-18,21-26H,1-12H2/t13-,14?,15-,16-/m0/s1. The lowest BCUT2D eigenvalue weighted by atomic mass is 10.1. The topological polar surface area (TPSA) is 152 Å². The molecule has 1 aliphatic rings. The molecule has 10 nitrogen and oxygen atoms in total. The van der Waals surface area contributed by atoms with Crippen LogP contribution in [0.4, 0.5) is 0 Å². The minimum absolute atomic E-state index is 0.286. The minimum atomic E-state index is -1.06. The number of aliphatic hydroxyl groups is 6. The zero-order valence-corrected chi connectivity index (χ0v) is 15.4. The first-order chi connectivity index (χ1) is 12.6. The molecule has 8 N–H and O–H groups in total. The second-order valence-corrected chi connectivity index (χ2v) is 6.57. The maximum atomic E-state index is 10.00. The summed E-state index contributed by atoms with van der Waals surface area (Å²) in [7, 11) is 0. The molecule has 156 valence electrons. The third kappa shape index (κ3) is 7.69. The molecule has 0 spiro atoms. The molecular weight excluding hydrogens is 344 g/mol. The van der Waals surface area contributed by atoms with Crippen LogP contribution in [-0.2, 0) is 0 Å². The van der Waals surface area contributed by atoms with E-state index in [1.165, 1.54) is 0 Å². The Balaban J connectivity index is 2.86. The Hall–Kier alpha value is -0.400. The second-order valence-electron chi connectivity index (χ2n) is 6.57. The van der Waals surface area contributed by atoms with Crippen LogP contribution in [0.2, 0.25) is 0 Å². The number of hydrogen-bond donors (Lipinski definition) is 8. The zero-order chi connectivity index (χ0) is 19.4. The highest BCUT2D eigenvalue weighted by molar-refractivity contribution is 4.83. The van der Waals surface area contributed by atoms with Crippen molar-refractivity contribution in [3.8, 4) is 0 Å². The van der Waals surface area contributed by atoms with E-state index in [2.05, 4.69) is 10.6 Å². The lowest BCUT2D eigenvalue weighted by Crippen LogP contribution is -2.56. The van der Waals surface area contributed by atoms with Crippen molar-refractivity contribution in [1.82, 2.24) is 20.4 Å². The lowest BCUT2D eigenvalue weighted by molar-refractivity contribution is -0.0332. The fourth-order valence-electron chi connectivity index (χ4n) is 3.22. The summed E-state index contributed by atoms with van der Waals surface area (Å²) in [4.78, 5) is 3.80. The molecule has 1 heterocycles. The van der Waals surface area contributed by atoms with Gasteiger partial charge in [-0.15, -0.1) is 0 Å². The predicted octanol–water partition coefficient (Wildman–Crippen LogP) is -4.79. The Bertz CT molecular complexity index is 323. The Morgan fingerprint density at radius 3 is 1.27 bits per heavy atom. The second kappa shape index (κ2) is 13.7. The lowest BCUT2D eigenvalue weighted by Gasteiger charge is -2.38. The molecule has 10 heteroatoms. The van der Waals surface area contributed by atoms with E-state index in [4.69, 9.17) is 0 Å². The van der Waals surface area contributed by atoms with Crippen LogP contribution in [0.5, 0.6) is 0 Å². The van der Waals surface area contributed by atoms with Crippen molar-refractivity contribution in [1.29, 1.82) is 0 Å². The molecule has 26 heavy (non-hydrogen) atoms. The largest absolute Gasteiger partial charge is 0.395 e. The van der Waals surface area contributed by atoms with Gasteiger partial charge in [0.15, 0.2) is 0 Å². The van der Waals surface area contributed by atoms with Crippen LogP contribution in [0.15, 0.2) is 0 Å². The zero-order valence-electron chi connectivity index (χ0n) is 15.4. The SMILES string of the molecule is OCC([C@@H](O)CO)N1CCNCCNCCN([C@@H](CO)[C@@H](O)CO)CC1. The van der Waals surface area contributed by atoms with Crippen molar-refractivity contribution in [3.05, 3.63) is 0 Å². The summed E-state index contributed by atoms with van der Waals surface area (Å²) >= 11 is 0. The molecule has 0 saturated carbocycles. The smallest absolute Gasteiger partial charge is 0.0947 e. The van der Waals surface area contributed by atoms with Crippen LogP contribution in [0.1, 0.15) is 0 Å². The van der Waals surface area contributed by atoms with Gasteiger partial charge in [-0.1, -0.05) is 0 Å². The van der Waals surface area contributed by atoms with Gasteiger partial charge < -0.3 is 41.3 Å². The van der Waals surface area contributed by atoms with Gasteiger partial charge in [-0.05, 0) is 0 Å². The molecule has 1 aliphatic heterocycles. The van der Waals surface area contributed by atoms with Gasteiger partial charge in [0.05, 0.1) is 50.7 Å². The van der Waals surface area contributed by atoms with Gasteiger partial charge in [-0.2, -0.15) is 0 Å². The molecule has 0 aromatic carbocycles. The van der Waals surface area contributed by atoms with Crippen molar-refractivity contribution in [2.24, 2.45) is 0 Å². The molecule has 1 fully saturated rings. The Kier molecular flexibility index (Phi) is 12.5. The van der Waals surface area contributed by atoms with Crippen molar-refractivity contribution < 1.29 is 30.6 Å². The van der Waals surface area contributed by atoms with Crippen LogP contribution >= 0.6 is 0 Å². The van der Waals surface area contributed by atoms with E-state index in [1.807, 2.05) is 9.80 Å². The molecule has 0 aromatic heterocycles. The summed E-state index contributed by atoms with van der Waals surface area (Å²) in [6.07, 6.45) is -2.11. The fraction of sp³-hybridized carbons (Fsp3) is 1.00. The van der Waals surface area contributed by atoms with Gasteiger partial charge in [0.1, 0.15) is 0 Å². The Labute approximate surface area is 155 Å². The first-order valence-electron chi connectivity index (χ1n) is 9.28. The van der Waals surface area contributed by atoms with Crippen LogP contribution in [0, 0.1) is 0 Å². The number of aliphatic hydroxyl groups excluding tert-OH is 6. The summed E-state index contributed by atoms with van der Waals surface area (Å²) in [6.45, 7) is 3.50. The highest BCUT2D eigenvalue weighted by Gasteiger charge is 2.28. The van der Waals surface area contributed by atoms with Crippen LogP contribution in [-0.4, -0.2) is 144 Å². The summed E-state index contributed by atoms with van der Waals surface area (Å²) < 4.78 is 0. The molecule has 1 rings (SSSR count). The van der Waals surface area contributed by atoms with Gasteiger partial charge in [0, 0.05) is 52.4 Å². The van der Waals surface area contributed by atoms with Crippen molar-refractivity contribution >= 4 is 0 Å². The average Bonchev–Trinajstić information content (AvgIpc) is 2.65. The fourth-order valence-corrected chi connectivity index (χ4v) is 3.22. The molecular formula is C16H36N4O6. The molecule has 1 unspecified atom stereocenters. The van der Waals surface area contributed by atoms with Gasteiger partial charge in [0.2, 0.25) is 0 Å². The molecule has 0 amide bonds. The van der Waals surface area contributed by atoms with E-state index in [0.717, 1.165) is 13.1 Å². The highest BCUT2D eigenvalue weighted by Crippen LogP contribution is 2.09. The van der Waals surface area contributed by atoms with E-state index < -0.39 is 37.5 Å². The molecule has 0 aromatic rings. The number of nitrogens with zero attached hydrogens (tertiary/aromatic N) is 2. The third-order valence-electron chi connectivity index (χ3n) is 4.88. The third-order valence-corrected chi connectivity index (χ3v) is 4.88. The first kappa shape index (κ1) is 23.6. The number of nitrogens with one attached hydrogen (secondary N) is 2. The normalized spacial score (nSPS) is 24.2. The van der Waals surface area contributed by atoms with Crippen molar-refractivity contribution in [2.75, 3.05) is 78.8 Å². The van der Waals surface area contributed by atoms with Crippen LogP contribution in [0.3, 0.4) is 0 Å². The maximum absolute atomic E-state index is 10.00. The van der Waals surface area contributed by atoms with Crippen LogP contribution < -0.4 is 10.6 Å². The van der Waals surface area contributed by atoms with Gasteiger partial charge in [-0.25, -0.2) is 0 Å². The van der Waals surface area contributed by atoms with Gasteiger partial charge >= 0.3 is 0 Å². The Morgan fingerprint density at radius 2 is 0.962 bits per heavy atom. The summed E-state index contributed by atoms with van der Waals surface area (Å²) in [5.41, 5.74) is 0. The molecule has 4 atom stereocenters. The van der Waals surface area contributed by atoms with E-state index in [9.17, 15) is 30.6 Å².